The maximum atomic E-state index is 12.6. The number of fused-ring (bicyclic) bond motifs is 1. The van der Waals surface area contributed by atoms with Crippen molar-refractivity contribution < 1.29 is 4.79 Å². The van der Waals surface area contributed by atoms with E-state index in [0.29, 0.717) is 17.0 Å². The van der Waals surface area contributed by atoms with Crippen molar-refractivity contribution in [3.8, 4) is 0 Å². The summed E-state index contributed by atoms with van der Waals surface area (Å²) in [6.45, 7) is 4.17. The van der Waals surface area contributed by atoms with Crippen LogP contribution in [0.1, 0.15) is 64.6 Å². The molecule has 0 spiro atoms. The maximum absolute atomic E-state index is 12.6. The van der Waals surface area contributed by atoms with E-state index >= 15 is 0 Å². The van der Waals surface area contributed by atoms with E-state index in [0.717, 1.165) is 29.9 Å². The first kappa shape index (κ1) is 14.9. The molecule has 1 N–H and O–H groups in total. The summed E-state index contributed by atoms with van der Waals surface area (Å²) in [6, 6.07) is 0.337. The number of hydrogen-bond donors (Lipinski definition) is 1. The van der Waals surface area contributed by atoms with Crippen LogP contribution in [0.4, 0.5) is 5.82 Å². The van der Waals surface area contributed by atoms with Gasteiger partial charge in [-0.15, -0.1) is 11.3 Å². The Bertz CT molecular complexity index is 720. The first-order chi connectivity index (χ1) is 11.1. The van der Waals surface area contributed by atoms with E-state index < -0.39 is 0 Å². The largest absolute Gasteiger partial charge is 0.304 e. The molecule has 1 amide bonds. The van der Waals surface area contributed by atoms with Gasteiger partial charge in [-0.3, -0.25) is 4.79 Å². The van der Waals surface area contributed by atoms with E-state index in [2.05, 4.69) is 22.3 Å². The minimum absolute atomic E-state index is 0.0998. The molecule has 2 aromatic rings. The van der Waals surface area contributed by atoms with Gasteiger partial charge in [0.1, 0.15) is 5.82 Å². The predicted molar refractivity (Wildman–Crippen MR) is 91.1 cm³/mol. The topological polar surface area (TPSA) is 59.8 Å². The van der Waals surface area contributed by atoms with Crippen molar-refractivity contribution in [1.82, 2.24) is 14.8 Å². The van der Waals surface area contributed by atoms with Crippen LogP contribution in [0.5, 0.6) is 0 Å². The van der Waals surface area contributed by atoms with Crippen LogP contribution in [0.2, 0.25) is 0 Å². The zero-order chi connectivity index (χ0) is 16.0. The number of nitrogens with zero attached hydrogens (tertiary/aromatic N) is 3. The lowest BCUT2D eigenvalue weighted by molar-refractivity contribution is 0.102. The lowest BCUT2D eigenvalue weighted by atomic mass is 10.0. The third-order valence-corrected chi connectivity index (χ3v) is 6.10. The number of carbonyl (C=O) groups excluding carboxylic acids is 1. The molecule has 0 bridgehead atoms. The number of aromatic nitrogens is 3. The number of amides is 1. The van der Waals surface area contributed by atoms with Crippen LogP contribution in [0.3, 0.4) is 0 Å². The molecule has 2 aliphatic carbocycles. The standard InChI is InChI=1S/C17H22N4OS/c1-10-9-18-21(11(2)12-7-8-12)15(10)20-16(22)17-19-13-5-3-4-6-14(13)23-17/h9,11-12H,3-8H2,1-2H3,(H,20,22). The van der Waals surface area contributed by atoms with Gasteiger partial charge in [-0.1, -0.05) is 0 Å². The Morgan fingerprint density at radius 2 is 2.17 bits per heavy atom. The summed E-state index contributed by atoms with van der Waals surface area (Å²) < 4.78 is 1.97. The minimum Gasteiger partial charge on any atom is -0.304 e. The van der Waals surface area contributed by atoms with Gasteiger partial charge in [0.25, 0.3) is 5.91 Å². The zero-order valence-corrected chi connectivity index (χ0v) is 14.4. The Hall–Kier alpha value is -1.69. The van der Waals surface area contributed by atoms with Crippen molar-refractivity contribution in [3.05, 3.63) is 27.3 Å². The minimum atomic E-state index is -0.0998. The van der Waals surface area contributed by atoms with Crippen molar-refractivity contribution >= 4 is 23.1 Å². The summed E-state index contributed by atoms with van der Waals surface area (Å²) in [5.74, 6) is 1.41. The van der Waals surface area contributed by atoms with Crippen LogP contribution in [-0.2, 0) is 12.8 Å². The summed E-state index contributed by atoms with van der Waals surface area (Å²) in [4.78, 5) is 18.5. The highest BCUT2D eigenvalue weighted by atomic mass is 32.1. The Morgan fingerprint density at radius 1 is 1.39 bits per heavy atom. The van der Waals surface area contributed by atoms with E-state index in [1.54, 1.807) is 11.3 Å². The number of carbonyl (C=O) groups is 1. The second kappa shape index (κ2) is 5.74. The van der Waals surface area contributed by atoms with E-state index in [1.165, 1.54) is 30.6 Å². The molecule has 0 aromatic carbocycles. The van der Waals surface area contributed by atoms with E-state index in [-0.39, 0.29) is 5.91 Å². The van der Waals surface area contributed by atoms with Crippen LogP contribution in [0.25, 0.3) is 0 Å². The summed E-state index contributed by atoms with van der Waals surface area (Å²) in [5.41, 5.74) is 2.13. The number of thiazole rings is 1. The monoisotopic (exact) mass is 330 g/mol. The van der Waals surface area contributed by atoms with Crippen molar-refractivity contribution in [3.63, 3.8) is 0 Å². The Kier molecular flexibility index (Phi) is 3.71. The highest BCUT2D eigenvalue weighted by Crippen LogP contribution is 2.40. The first-order valence-corrected chi connectivity index (χ1v) is 9.29. The van der Waals surface area contributed by atoms with Crippen LogP contribution >= 0.6 is 11.3 Å². The molecule has 0 saturated heterocycles. The molecule has 4 rings (SSSR count). The van der Waals surface area contributed by atoms with Crippen LogP contribution in [0.15, 0.2) is 6.20 Å². The third-order valence-electron chi connectivity index (χ3n) is 4.94. The predicted octanol–water partition coefficient (Wildman–Crippen LogP) is 3.75. The summed E-state index contributed by atoms with van der Waals surface area (Å²) >= 11 is 1.55. The van der Waals surface area contributed by atoms with Crippen LogP contribution < -0.4 is 5.32 Å². The third kappa shape index (κ3) is 2.80. The van der Waals surface area contributed by atoms with Gasteiger partial charge in [0.15, 0.2) is 5.01 Å². The molecular weight excluding hydrogens is 308 g/mol. The molecule has 1 fully saturated rings. The fraction of sp³-hybridized carbons (Fsp3) is 0.588. The molecule has 23 heavy (non-hydrogen) atoms. The Labute approximate surface area is 140 Å². The SMILES string of the molecule is Cc1cnn(C(C)C2CC2)c1NC(=O)c1nc2c(s1)CCCC2. The lowest BCUT2D eigenvalue weighted by Crippen LogP contribution is -2.19. The van der Waals surface area contributed by atoms with Gasteiger partial charge >= 0.3 is 0 Å². The molecule has 2 heterocycles. The highest BCUT2D eigenvalue weighted by molar-refractivity contribution is 7.13. The molecule has 1 atom stereocenters. The molecule has 1 unspecified atom stereocenters. The molecule has 122 valence electrons. The lowest BCUT2D eigenvalue weighted by Gasteiger charge is -2.15. The molecule has 5 nitrogen and oxygen atoms in total. The molecular formula is C17H22N4OS. The van der Waals surface area contributed by atoms with E-state index in [9.17, 15) is 4.79 Å². The van der Waals surface area contributed by atoms with Gasteiger partial charge in [-0.25, -0.2) is 9.67 Å². The number of anilines is 1. The normalized spacial score (nSPS) is 18.5. The number of rotatable bonds is 4. The first-order valence-electron chi connectivity index (χ1n) is 8.47. The van der Waals surface area contributed by atoms with Gasteiger partial charge < -0.3 is 5.32 Å². The highest BCUT2D eigenvalue weighted by Gasteiger charge is 2.31. The average Bonchev–Trinajstić information content (AvgIpc) is 3.21. The summed E-state index contributed by atoms with van der Waals surface area (Å²) in [5, 5.41) is 8.12. The molecule has 1 saturated carbocycles. The summed E-state index contributed by atoms with van der Waals surface area (Å²) in [6.07, 6.45) is 8.81. The number of nitrogens with one attached hydrogen (secondary N) is 1. The number of aryl methyl sites for hydroxylation is 3. The fourth-order valence-corrected chi connectivity index (χ4v) is 4.35. The van der Waals surface area contributed by atoms with Gasteiger partial charge in [0.05, 0.1) is 17.9 Å². The quantitative estimate of drug-likeness (QED) is 0.929. The number of hydrogen-bond acceptors (Lipinski definition) is 4. The smallest absolute Gasteiger partial charge is 0.285 e. The molecule has 6 heteroatoms. The van der Waals surface area contributed by atoms with E-state index in [1.807, 2.05) is 17.8 Å². The Morgan fingerprint density at radius 3 is 2.91 bits per heavy atom. The van der Waals surface area contributed by atoms with Gasteiger partial charge in [-0.05, 0) is 58.3 Å². The van der Waals surface area contributed by atoms with Gasteiger partial charge in [0.2, 0.25) is 0 Å². The maximum Gasteiger partial charge on any atom is 0.285 e. The van der Waals surface area contributed by atoms with Crippen molar-refractivity contribution in [1.29, 1.82) is 0 Å². The Balaban J connectivity index is 1.56. The zero-order valence-electron chi connectivity index (χ0n) is 13.6. The van der Waals surface area contributed by atoms with Crippen molar-refractivity contribution in [2.45, 2.75) is 58.4 Å². The van der Waals surface area contributed by atoms with E-state index in [4.69, 9.17) is 0 Å². The molecule has 2 aromatic heterocycles. The molecule has 0 radical (unpaired) electrons. The fourth-order valence-electron chi connectivity index (χ4n) is 3.30. The average molecular weight is 330 g/mol. The van der Waals surface area contributed by atoms with Crippen molar-refractivity contribution in [2.24, 2.45) is 5.92 Å². The second-order valence-electron chi connectivity index (χ2n) is 6.75. The van der Waals surface area contributed by atoms with Crippen molar-refractivity contribution in [2.75, 3.05) is 5.32 Å². The molecule has 0 aliphatic heterocycles. The van der Waals surface area contributed by atoms with Gasteiger partial charge in [0, 0.05) is 10.4 Å². The molecule has 2 aliphatic rings. The van der Waals surface area contributed by atoms with Gasteiger partial charge in [-0.2, -0.15) is 5.10 Å². The second-order valence-corrected chi connectivity index (χ2v) is 7.83. The van der Waals surface area contributed by atoms with Crippen LogP contribution in [0, 0.1) is 12.8 Å². The van der Waals surface area contributed by atoms with Crippen LogP contribution in [-0.4, -0.2) is 20.7 Å². The summed E-state index contributed by atoms with van der Waals surface area (Å²) in [7, 11) is 0.